The molecule has 0 radical (unpaired) electrons. The van der Waals surface area contributed by atoms with Gasteiger partial charge < -0.3 is 16.0 Å². The largest absolute Gasteiger partial charge is 0.348 e. The van der Waals surface area contributed by atoms with E-state index in [1.807, 2.05) is 66.7 Å². The molecule has 0 aromatic heterocycles. The van der Waals surface area contributed by atoms with Gasteiger partial charge in [0.1, 0.15) is 6.04 Å². The van der Waals surface area contributed by atoms with Gasteiger partial charge in [-0.05, 0) is 47.2 Å². The predicted octanol–water partition coefficient (Wildman–Crippen LogP) is 3.49. The first-order chi connectivity index (χ1) is 21.3. The van der Waals surface area contributed by atoms with E-state index in [0.717, 1.165) is 32.5 Å². The molecule has 44 heavy (non-hydrogen) atoms. The molecule has 11 heteroatoms. The second-order valence-corrected chi connectivity index (χ2v) is 10.5. The van der Waals surface area contributed by atoms with Crippen molar-refractivity contribution in [2.75, 3.05) is 5.32 Å². The molecule has 4 aromatic rings. The van der Waals surface area contributed by atoms with Crippen LogP contribution in [0.2, 0.25) is 0 Å². The number of hydrogen-bond donors (Lipinski definition) is 4. The summed E-state index contributed by atoms with van der Waals surface area (Å²) < 4.78 is 0. The van der Waals surface area contributed by atoms with Gasteiger partial charge in [0.15, 0.2) is 0 Å². The third-order valence-corrected chi connectivity index (χ3v) is 7.67. The van der Waals surface area contributed by atoms with Crippen molar-refractivity contribution >= 4 is 52.0 Å². The molecule has 0 saturated carbocycles. The quantitative estimate of drug-likeness (QED) is 0.242. The molecule has 4 aromatic carbocycles. The topological polar surface area (TPSA) is 154 Å². The first kappa shape index (κ1) is 28.3. The van der Waals surface area contributed by atoms with Gasteiger partial charge in [0.25, 0.3) is 17.7 Å². The molecule has 2 aliphatic rings. The van der Waals surface area contributed by atoms with Crippen LogP contribution < -0.4 is 21.3 Å². The molecule has 0 bridgehead atoms. The van der Waals surface area contributed by atoms with Crippen LogP contribution >= 0.6 is 0 Å². The Hall–Kier alpha value is -5.84. The maximum atomic E-state index is 13.0. The van der Waals surface area contributed by atoms with Crippen molar-refractivity contribution in [3.8, 4) is 0 Å². The van der Waals surface area contributed by atoms with E-state index in [9.17, 15) is 28.8 Å². The van der Waals surface area contributed by atoms with Crippen LogP contribution in [0.25, 0.3) is 10.8 Å². The number of amides is 7. The van der Waals surface area contributed by atoms with Gasteiger partial charge >= 0.3 is 6.03 Å². The van der Waals surface area contributed by atoms with Crippen LogP contribution in [-0.4, -0.2) is 46.5 Å². The summed E-state index contributed by atoms with van der Waals surface area (Å²) in [4.78, 5) is 75.9. The number of fused-ring (bicyclic) bond motifs is 2. The molecule has 4 N–H and O–H groups in total. The van der Waals surface area contributed by atoms with Crippen molar-refractivity contribution in [1.29, 1.82) is 0 Å². The summed E-state index contributed by atoms with van der Waals surface area (Å²) in [6.07, 6.45) is 0.0762. The predicted molar refractivity (Wildman–Crippen MR) is 161 cm³/mol. The lowest BCUT2D eigenvalue weighted by Crippen LogP contribution is -2.54. The third-order valence-electron chi connectivity index (χ3n) is 7.67. The SMILES string of the molecule is O=C1CCC(N2C(=O)c3ccc(C(=O)NCc4ccc(CNC(=O)Nc5cccc6ccccc56)cc4)cc3C2=O)C(=O)N1. The van der Waals surface area contributed by atoms with Gasteiger partial charge in [0.2, 0.25) is 11.8 Å². The van der Waals surface area contributed by atoms with E-state index >= 15 is 0 Å². The van der Waals surface area contributed by atoms with Crippen molar-refractivity contribution in [2.24, 2.45) is 0 Å². The maximum Gasteiger partial charge on any atom is 0.319 e. The fourth-order valence-corrected chi connectivity index (χ4v) is 5.35. The van der Waals surface area contributed by atoms with Crippen LogP contribution in [-0.2, 0) is 22.7 Å². The highest BCUT2D eigenvalue weighted by Gasteiger charge is 2.44. The van der Waals surface area contributed by atoms with E-state index in [4.69, 9.17) is 0 Å². The number of carbonyl (C=O) groups excluding carboxylic acids is 6. The highest BCUT2D eigenvalue weighted by Crippen LogP contribution is 2.28. The zero-order chi connectivity index (χ0) is 30.8. The number of urea groups is 1. The molecule has 0 aliphatic carbocycles. The fraction of sp³-hybridized carbons (Fsp3) is 0.152. The number of rotatable bonds is 7. The summed E-state index contributed by atoms with van der Waals surface area (Å²) >= 11 is 0. The van der Waals surface area contributed by atoms with E-state index in [0.29, 0.717) is 6.54 Å². The standard InChI is InChI=1S/C33H27N5O6/c39-28-15-14-27(30(41)37-28)38-31(42)24-13-12-22(16-25(24)32(38)43)29(40)34-17-19-8-10-20(11-9-19)18-35-33(44)36-26-7-3-5-21-4-1-2-6-23(21)26/h1-13,16,27H,14-15,17-18H2,(H,34,40)(H2,35,36,44)(H,37,39,41). The molecular weight excluding hydrogens is 562 g/mol. The zero-order valence-electron chi connectivity index (χ0n) is 23.4. The Morgan fingerprint density at radius 3 is 2.20 bits per heavy atom. The first-order valence-electron chi connectivity index (χ1n) is 14.0. The molecular formula is C33H27N5O6. The Morgan fingerprint density at radius 1 is 0.773 bits per heavy atom. The van der Waals surface area contributed by atoms with E-state index < -0.39 is 35.6 Å². The molecule has 2 aliphatic heterocycles. The maximum absolute atomic E-state index is 13.0. The second-order valence-electron chi connectivity index (χ2n) is 10.5. The molecule has 6 rings (SSSR count). The van der Waals surface area contributed by atoms with Crippen molar-refractivity contribution < 1.29 is 28.8 Å². The molecule has 1 fully saturated rings. The zero-order valence-corrected chi connectivity index (χ0v) is 23.4. The van der Waals surface area contributed by atoms with Crippen LogP contribution in [0, 0.1) is 0 Å². The van der Waals surface area contributed by atoms with Crippen LogP contribution in [0.15, 0.2) is 84.9 Å². The Kier molecular flexibility index (Phi) is 7.59. The number of carbonyl (C=O) groups is 6. The molecule has 1 saturated heterocycles. The third kappa shape index (κ3) is 5.62. The number of anilines is 1. The molecule has 7 amide bonds. The summed E-state index contributed by atoms with van der Waals surface area (Å²) in [5.74, 6) is -2.90. The Balaban J connectivity index is 1.02. The van der Waals surface area contributed by atoms with E-state index in [1.165, 1.54) is 18.2 Å². The molecule has 2 heterocycles. The number of hydrogen-bond acceptors (Lipinski definition) is 6. The highest BCUT2D eigenvalue weighted by atomic mass is 16.2. The minimum Gasteiger partial charge on any atom is -0.348 e. The summed E-state index contributed by atoms with van der Waals surface area (Å²) in [6, 6.07) is 23.7. The Bertz CT molecular complexity index is 1850. The van der Waals surface area contributed by atoms with Gasteiger partial charge in [-0.1, -0.05) is 60.7 Å². The Morgan fingerprint density at radius 2 is 1.45 bits per heavy atom. The van der Waals surface area contributed by atoms with E-state index in [-0.39, 0.29) is 42.1 Å². The van der Waals surface area contributed by atoms with Crippen LogP contribution in [0.3, 0.4) is 0 Å². The first-order valence-corrected chi connectivity index (χ1v) is 14.0. The van der Waals surface area contributed by atoms with Crippen molar-refractivity contribution in [3.63, 3.8) is 0 Å². The van der Waals surface area contributed by atoms with Gasteiger partial charge in [-0.25, -0.2) is 4.79 Å². The van der Waals surface area contributed by atoms with Gasteiger partial charge in [-0.2, -0.15) is 0 Å². The molecule has 1 atom stereocenters. The smallest absolute Gasteiger partial charge is 0.319 e. The number of piperidine rings is 1. The van der Waals surface area contributed by atoms with Crippen LogP contribution in [0.4, 0.5) is 10.5 Å². The normalized spacial score (nSPS) is 16.0. The summed E-state index contributed by atoms with van der Waals surface area (Å²) in [5, 5.41) is 12.7. The summed E-state index contributed by atoms with van der Waals surface area (Å²) in [6.45, 7) is 0.515. The number of nitrogens with zero attached hydrogens (tertiary/aromatic N) is 1. The molecule has 0 spiro atoms. The van der Waals surface area contributed by atoms with E-state index in [1.54, 1.807) is 0 Å². The number of benzene rings is 4. The van der Waals surface area contributed by atoms with Gasteiger partial charge in [-0.15, -0.1) is 0 Å². The van der Waals surface area contributed by atoms with E-state index in [2.05, 4.69) is 21.3 Å². The minimum absolute atomic E-state index is 0.0240. The van der Waals surface area contributed by atoms with Crippen LogP contribution in [0.5, 0.6) is 0 Å². The summed E-state index contributed by atoms with van der Waals surface area (Å²) in [5.41, 5.74) is 2.74. The molecule has 1 unspecified atom stereocenters. The average molecular weight is 590 g/mol. The lowest BCUT2D eigenvalue weighted by atomic mass is 10.0. The van der Waals surface area contributed by atoms with Gasteiger partial charge in [0, 0.05) is 30.5 Å². The lowest BCUT2D eigenvalue weighted by Gasteiger charge is -2.27. The molecule has 220 valence electrons. The Labute approximate surface area is 251 Å². The molecule has 11 nitrogen and oxygen atoms in total. The number of nitrogens with one attached hydrogen (secondary N) is 4. The van der Waals surface area contributed by atoms with Gasteiger partial charge in [0.05, 0.1) is 16.8 Å². The number of imide groups is 2. The van der Waals surface area contributed by atoms with Crippen molar-refractivity contribution in [2.45, 2.75) is 32.0 Å². The van der Waals surface area contributed by atoms with Crippen LogP contribution in [0.1, 0.15) is 55.0 Å². The second kappa shape index (κ2) is 11.8. The van der Waals surface area contributed by atoms with Crippen molar-refractivity contribution in [3.05, 3.63) is 113 Å². The van der Waals surface area contributed by atoms with Crippen molar-refractivity contribution in [1.82, 2.24) is 20.9 Å². The monoisotopic (exact) mass is 589 g/mol. The lowest BCUT2D eigenvalue weighted by molar-refractivity contribution is -0.136. The minimum atomic E-state index is -1.07. The highest BCUT2D eigenvalue weighted by molar-refractivity contribution is 6.24. The van der Waals surface area contributed by atoms with Gasteiger partial charge in [-0.3, -0.25) is 34.2 Å². The summed E-state index contributed by atoms with van der Waals surface area (Å²) in [7, 11) is 0. The fourth-order valence-electron chi connectivity index (χ4n) is 5.35. The average Bonchev–Trinajstić information content (AvgIpc) is 3.28.